The zero-order valence-corrected chi connectivity index (χ0v) is 26.7. The van der Waals surface area contributed by atoms with Gasteiger partial charge in [0.2, 0.25) is 23.0 Å². The van der Waals surface area contributed by atoms with Crippen molar-refractivity contribution in [2.24, 2.45) is 5.92 Å². The highest BCUT2D eigenvalue weighted by atomic mass is 16.5. The summed E-state index contributed by atoms with van der Waals surface area (Å²) < 4.78 is 22.6. The smallest absolute Gasteiger partial charge is 0.242 e. The summed E-state index contributed by atoms with van der Waals surface area (Å²) in [5.41, 5.74) is 3.13. The van der Waals surface area contributed by atoms with Crippen molar-refractivity contribution in [2.75, 3.05) is 66.0 Å². The molecule has 2 aromatic rings. The predicted octanol–water partition coefficient (Wildman–Crippen LogP) is 3.14. The highest BCUT2D eigenvalue weighted by molar-refractivity contribution is 5.86. The van der Waals surface area contributed by atoms with Gasteiger partial charge in [0, 0.05) is 38.7 Å². The summed E-state index contributed by atoms with van der Waals surface area (Å²) in [6.07, 6.45) is 1.71. The average molecular weight is 611 g/mol. The molecule has 2 aromatic carbocycles. The molecule has 0 bridgehead atoms. The zero-order chi connectivity index (χ0) is 31.8. The first-order chi connectivity index (χ1) is 21.2. The lowest BCUT2D eigenvalue weighted by Crippen LogP contribution is -2.45. The summed E-state index contributed by atoms with van der Waals surface area (Å²) in [6.45, 7) is 9.90. The van der Waals surface area contributed by atoms with Crippen LogP contribution in [-0.2, 0) is 20.7 Å². The second kappa shape index (κ2) is 15.3. The number of hydrogen-bond donors (Lipinski definition) is 3. The van der Waals surface area contributed by atoms with Crippen molar-refractivity contribution >= 4 is 17.5 Å². The second-order valence-corrected chi connectivity index (χ2v) is 11.7. The topological polar surface area (TPSA) is 127 Å². The molecule has 0 aromatic heterocycles. The largest absolute Gasteiger partial charge is 0.493 e. The summed E-state index contributed by atoms with van der Waals surface area (Å²) in [5, 5.41) is 9.33. The minimum atomic E-state index is -0.605. The van der Waals surface area contributed by atoms with Crippen LogP contribution in [0, 0.1) is 5.92 Å². The van der Waals surface area contributed by atoms with Crippen molar-refractivity contribution in [3.63, 3.8) is 0 Å². The number of anilines is 1. The van der Waals surface area contributed by atoms with Crippen LogP contribution >= 0.6 is 0 Å². The van der Waals surface area contributed by atoms with Gasteiger partial charge in [-0.25, -0.2) is 0 Å². The Hall–Kier alpha value is -3.83. The number of carbonyl (C=O) groups is 2. The fourth-order valence-corrected chi connectivity index (χ4v) is 6.00. The third-order valence-electron chi connectivity index (χ3n) is 8.10. The number of morpholine rings is 1. The molecule has 11 nitrogen and oxygen atoms in total. The minimum Gasteiger partial charge on any atom is -0.493 e. The highest BCUT2D eigenvalue weighted by Gasteiger charge is 2.30. The number of amides is 2. The van der Waals surface area contributed by atoms with Gasteiger partial charge in [-0.1, -0.05) is 19.9 Å². The van der Waals surface area contributed by atoms with Gasteiger partial charge in [0.25, 0.3) is 0 Å². The van der Waals surface area contributed by atoms with Gasteiger partial charge < -0.3 is 34.9 Å². The van der Waals surface area contributed by atoms with Crippen LogP contribution in [0.1, 0.15) is 50.8 Å². The fourth-order valence-electron chi connectivity index (χ4n) is 6.00. The summed E-state index contributed by atoms with van der Waals surface area (Å²) in [4.78, 5) is 41.7. The molecule has 4 rings (SSSR count). The van der Waals surface area contributed by atoms with Gasteiger partial charge >= 0.3 is 0 Å². The molecule has 0 spiro atoms. The lowest BCUT2D eigenvalue weighted by molar-refractivity contribution is -0.122. The van der Waals surface area contributed by atoms with Gasteiger partial charge in [-0.2, -0.15) is 0 Å². The number of hydrogen-bond acceptors (Lipinski definition) is 9. The van der Waals surface area contributed by atoms with Gasteiger partial charge in [-0.05, 0) is 60.1 Å². The molecule has 1 aliphatic heterocycles. The molecule has 2 amide bonds. The molecule has 1 aliphatic carbocycles. The monoisotopic (exact) mass is 610 g/mol. The maximum absolute atomic E-state index is 13.8. The summed E-state index contributed by atoms with van der Waals surface area (Å²) in [5.74, 6) is 1.32. The van der Waals surface area contributed by atoms with Crippen LogP contribution in [0.25, 0.3) is 11.1 Å². The molecule has 0 saturated carbocycles. The van der Waals surface area contributed by atoms with Gasteiger partial charge in [-0.15, -0.1) is 0 Å². The number of benzene rings is 1. The van der Waals surface area contributed by atoms with Crippen molar-refractivity contribution in [1.29, 1.82) is 0 Å². The summed E-state index contributed by atoms with van der Waals surface area (Å²) >= 11 is 0. The van der Waals surface area contributed by atoms with Crippen LogP contribution in [0.4, 0.5) is 5.69 Å². The van der Waals surface area contributed by atoms with E-state index in [1.54, 1.807) is 33.5 Å². The van der Waals surface area contributed by atoms with Gasteiger partial charge in [0.1, 0.15) is 6.04 Å². The lowest BCUT2D eigenvalue weighted by atomic mass is 9.95. The standard InChI is InChI=1S/C33H46N4O7/c1-20(2)17-27(33(40)34-11-12-37-13-15-44-16-14-37)36-26-10-8-23-24(19-28(26)39)25(35-21(3)38)9-7-22-18-29(41-4)31(42-5)32(43-6)30(22)23/h8,10,18-20,25,27H,7,9,11-17H2,1-6H3,(H,34,40)(H,35,38)(H,36,39). The molecule has 2 unspecified atom stereocenters. The summed E-state index contributed by atoms with van der Waals surface area (Å²) in [7, 11) is 4.69. The highest BCUT2D eigenvalue weighted by Crippen LogP contribution is 2.50. The van der Waals surface area contributed by atoms with E-state index < -0.39 is 12.1 Å². The first-order valence-electron chi connectivity index (χ1n) is 15.3. The molecular weight excluding hydrogens is 564 g/mol. The number of methoxy groups -OCH3 is 3. The number of nitrogens with one attached hydrogen (secondary N) is 3. The minimum absolute atomic E-state index is 0.153. The van der Waals surface area contributed by atoms with Gasteiger partial charge in [-0.3, -0.25) is 19.3 Å². The number of fused-ring (bicyclic) bond motifs is 3. The van der Waals surface area contributed by atoms with E-state index in [9.17, 15) is 14.4 Å². The molecule has 2 aliphatic rings. The normalized spacial score (nSPS) is 17.0. The van der Waals surface area contributed by atoms with Crippen LogP contribution in [0.5, 0.6) is 17.2 Å². The second-order valence-electron chi connectivity index (χ2n) is 11.7. The molecule has 1 fully saturated rings. The maximum atomic E-state index is 13.8. The predicted molar refractivity (Wildman–Crippen MR) is 170 cm³/mol. The van der Waals surface area contributed by atoms with Crippen LogP contribution < -0.4 is 35.6 Å². The van der Waals surface area contributed by atoms with Crippen LogP contribution in [0.15, 0.2) is 29.1 Å². The maximum Gasteiger partial charge on any atom is 0.242 e. The zero-order valence-electron chi connectivity index (χ0n) is 26.7. The number of nitrogens with zero attached hydrogens (tertiary/aromatic N) is 1. The Bertz CT molecular complexity index is 1390. The lowest BCUT2D eigenvalue weighted by Gasteiger charge is -2.27. The van der Waals surface area contributed by atoms with E-state index in [2.05, 4.69) is 20.9 Å². The Balaban J connectivity index is 1.73. The quantitative estimate of drug-likeness (QED) is 0.332. The summed E-state index contributed by atoms with van der Waals surface area (Å²) in [6, 6.07) is 6.03. The molecular formula is C33H46N4O7. The Morgan fingerprint density at radius 2 is 1.77 bits per heavy atom. The average Bonchev–Trinajstić information content (AvgIpc) is 3.24. The van der Waals surface area contributed by atoms with E-state index in [0.717, 1.165) is 36.3 Å². The van der Waals surface area contributed by atoms with E-state index in [1.165, 1.54) is 6.92 Å². The van der Waals surface area contributed by atoms with E-state index in [-0.39, 0.29) is 23.2 Å². The first-order valence-corrected chi connectivity index (χ1v) is 15.3. The molecule has 3 N–H and O–H groups in total. The van der Waals surface area contributed by atoms with Gasteiger partial charge in [0.15, 0.2) is 11.5 Å². The molecule has 44 heavy (non-hydrogen) atoms. The van der Waals surface area contributed by atoms with Crippen molar-refractivity contribution in [3.05, 3.63) is 45.6 Å². The molecule has 240 valence electrons. The third-order valence-corrected chi connectivity index (χ3v) is 8.10. The van der Waals surface area contributed by atoms with Gasteiger partial charge in [0.05, 0.1) is 46.3 Å². The molecule has 0 radical (unpaired) electrons. The number of carbonyl (C=O) groups excluding carboxylic acids is 2. The molecule has 1 saturated heterocycles. The number of ether oxygens (including phenoxy) is 4. The van der Waals surface area contributed by atoms with E-state index >= 15 is 0 Å². The Labute approximate surface area is 259 Å². The molecule has 2 atom stereocenters. The van der Waals surface area contributed by atoms with Crippen LogP contribution in [0.2, 0.25) is 0 Å². The Kier molecular flexibility index (Phi) is 11.5. The van der Waals surface area contributed by atoms with Crippen molar-refractivity contribution in [3.8, 4) is 28.4 Å². The molecule has 1 heterocycles. The third kappa shape index (κ3) is 7.81. The molecule has 11 heteroatoms. The van der Waals surface area contributed by atoms with Crippen LogP contribution in [0.3, 0.4) is 0 Å². The number of aryl methyl sites for hydroxylation is 1. The first kappa shape index (κ1) is 33.1. The van der Waals surface area contributed by atoms with E-state index in [4.69, 9.17) is 18.9 Å². The fraction of sp³-hybridized carbons (Fsp3) is 0.545. The Morgan fingerprint density at radius 3 is 2.41 bits per heavy atom. The van der Waals surface area contributed by atoms with Crippen molar-refractivity contribution < 1.29 is 28.5 Å². The number of rotatable bonds is 12. The van der Waals surface area contributed by atoms with E-state index in [1.807, 2.05) is 26.0 Å². The van der Waals surface area contributed by atoms with Crippen molar-refractivity contribution in [1.82, 2.24) is 15.5 Å². The van der Waals surface area contributed by atoms with Crippen molar-refractivity contribution in [2.45, 2.75) is 52.1 Å². The van der Waals surface area contributed by atoms with Crippen LogP contribution in [-0.4, -0.2) is 83.5 Å². The Morgan fingerprint density at radius 1 is 1.05 bits per heavy atom. The SMILES string of the molecule is COc1cc2c(c(OC)c1OC)-c1ccc(NC(CC(C)C)C(=O)NCCN3CCOCC3)c(=O)cc1C(NC(C)=O)CC2. The van der Waals surface area contributed by atoms with E-state index in [0.29, 0.717) is 67.5 Å².